The Morgan fingerprint density at radius 2 is 2.00 bits per heavy atom. The fourth-order valence-electron chi connectivity index (χ4n) is 4.41. The minimum Gasteiger partial charge on any atom is -0.343 e. The molecule has 1 aromatic rings. The molecule has 3 amide bonds. The molecule has 1 spiro atoms. The monoisotopic (exact) mass is 466 g/mol. The van der Waals surface area contributed by atoms with E-state index in [-0.39, 0.29) is 35.5 Å². The number of hydrazine groups is 1. The van der Waals surface area contributed by atoms with Crippen LogP contribution in [0.5, 0.6) is 0 Å². The van der Waals surface area contributed by atoms with Crippen molar-refractivity contribution in [3.63, 3.8) is 0 Å². The van der Waals surface area contributed by atoms with Crippen molar-refractivity contribution in [2.45, 2.75) is 52.1 Å². The number of nitrogens with zero attached hydrogens (tertiary/aromatic N) is 6. The van der Waals surface area contributed by atoms with Gasteiger partial charge in [-0.2, -0.15) is 10.2 Å². The summed E-state index contributed by atoms with van der Waals surface area (Å²) in [5, 5.41) is 18.6. The van der Waals surface area contributed by atoms with Gasteiger partial charge in [-0.3, -0.25) is 24.4 Å². The summed E-state index contributed by atoms with van der Waals surface area (Å²) in [6, 6.07) is 1.43. The van der Waals surface area contributed by atoms with Crippen LogP contribution in [-0.2, 0) is 14.4 Å². The van der Waals surface area contributed by atoms with Gasteiger partial charge < -0.3 is 15.5 Å². The van der Waals surface area contributed by atoms with Crippen LogP contribution in [0.25, 0.3) is 6.08 Å². The first kappa shape index (κ1) is 23.5. The Balaban J connectivity index is 1.47. The number of rotatable bonds is 3. The van der Waals surface area contributed by atoms with Crippen molar-refractivity contribution in [2.75, 3.05) is 31.2 Å². The maximum atomic E-state index is 13.2. The summed E-state index contributed by atoms with van der Waals surface area (Å²) in [6.07, 6.45) is 6.00. The van der Waals surface area contributed by atoms with E-state index in [9.17, 15) is 19.6 Å². The smallest absolute Gasteiger partial charge is 0.246 e. The second-order valence-corrected chi connectivity index (χ2v) is 10.3. The summed E-state index contributed by atoms with van der Waals surface area (Å²) in [5.41, 5.74) is -0.282. The molecule has 180 valence electrons. The van der Waals surface area contributed by atoms with Crippen molar-refractivity contribution in [1.29, 1.82) is 5.26 Å². The molecule has 2 saturated heterocycles. The number of likely N-dealkylation sites (tertiary alicyclic amines) is 1. The molecule has 3 aliphatic rings. The molecule has 0 saturated carbocycles. The molecule has 11 nitrogen and oxygen atoms in total. The Kier molecular flexibility index (Phi) is 5.93. The average molecular weight is 467 g/mol. The number of piperidine rings is 1. The predicted molar refractivity (Wildman–Crippen MR) is 124 cm³/mol. The van der Waals surface area contributed by atoms with Crippen LogP contribution < -0.4 is 15.6 Å². The lowest BCUT2D eigenvalue weighted by molar-refractivity contribution is -0.145. The Morgan fingerprint density at radius 3 is 2.65 bits per heavy atom. The third-order valence-electron chi connectivity index (χ3n) is 6.31. The topological polar surface area (TPSA) is 135 Å². The van der Waals surface area contributed by atoms with Crippen LogP contribution in [0.4, 0.5) is 5.82 Å². The van der Waals surface area contributed by atoms with Crippen molar-refractivity contribution in [1.82, 2.24) is 30.5 Å². The SMILES string of the molecule is CC1NC(=O)C2(CCN(C(=O)CN3C=Cc4cnc(C#N)nc4N3CC(C)(C)C)CC2)NC1=O. The van der Waals surface area contributed by atoms with E-state index in [0.717, 1.165) is 5.56 Å². The van der Waals surface area contributed by atoms with E-state index in [1.807, 2.05) is 28.4 Å². The van der Waals surface area contributed by atoms with Crippen LogP contribution in [0.3, 0.4) is 0 Å². The third kappa shape index (κ3) is 4.53. The minimum atomic E-state index is -0.951. The first-order chi connectivity index (χ1) is 16.0. The summed E-state index contributed by atoms with van der Waals surface area (Å²) in [6.45, 7) is 9.32. The Bertz CT molecular complexity index is 1080. The summed E-state index contributed by atoms with van der Waals surface area (Å²) in [7, 11) is 0. The zero-order chi connectivity index (χ0) is 24.7. The van der Waals surface area contributed by atoms with E-state index in [1.54, 1.807) is 18.0 Å². The van der Waals surface area contributed by atoms with Crippen molar-refractivity contribution < 1.29 is 14.4 Å². The molecule has 0 aliphatic carbocycles. The highest BCUT2D eigenvalue weighted by Gasteiger charge is 2.47. The second kappa shape index (κ2) is 8.59. The zero-order valence-corrected chi connectivity index (χ0v) is 20.0. The molecule has 34 heavy (non-hydrogen) atoms. The van der Waals surface area contributed by atoms with Gasteiger partial charge in [0.05, 0.1) is 0 Å². The molecule has 0 aromatic carbocycles. The molecule has 1 atom stereocenters. The molecular weight excluding hydrogens is 436 g/mol. The highest BCUT2D eigenvalue weighted by molar-refractivity contribution is 5.99. The molecule has 0 bridgehead atoms. The molecule has 11 heteroatoms. The van der Waals surface area contributed by atoms with Gasteiger partial charge in [0, 0.05) is 37.6 Å². The fourth-order valence-corrected chi connectivity index (χ4v) is 4.41. The number of fused-ring (bicyclic) bond motifs is 1. The number of nitriles is 1. The van der Waals surface area contributed by atoms with Gasteiger partial charge in [-0.05, 0) is 31.3 Å². The molecule has 1 aromatic heterocycles. The summed E-state index contributed by atoms with van der Waals surface area (Å²) in [4.78, 5) is 48.1. The van der Waals surface area contributed by atoms with Crippen LogP contribution in [0.15, 0.2) is 12.4 Å². The van der Waals surface area contributed by atoms with Gasteiger partial charge >= 0.3 is 0 Å². The number of hydrogen-bond acceptors (Lipinski definition) is 8. The molecular formula is C23H30N8O3. The summed E-state index contributed by atoms with van der Waals surface area (Å²) < 4.78 is 0. The second-order valence-electron chi connectivity index (χ2n) is 10.3. The molecule has 2 fully saturated rings. The molecule has 4 rings (SSSR count). The van der Waals surface area contributed by atoms with Crippen LogP contribution in [0.2, 0.25) is 0 Å². The zero-order valence-electron chi connectivity index (χ0n) is 20.0. The minimum absolute atomic E-state index is 0.0719. The third-order valence-corrected chi connectivity index (χ3v) is 6.31. The highest BCUT2D eigenvalue weighted by Crippen LogP contribution is 2.30. The van der Waals surface area contributed by atoms with E-state index >= 15 is 0 Å². The standard InChI is InChI=1S/C23H30N8O3/c1-15-20(33)28-23(21(34)26-15)6-9-29(10-7-23)18(32)13-30-8-5-16-12-25-17(11-24)27-19(16)31(30)14-22(2,3)4/h5,8,12,15H,6-7,9-10,13-14H2,1-4H3,(H,26,34)(H,28,33). The van der Waals surface area contributed by atoms with Gasteiger partial charge in [0.2, 0.25) is 23.5 Å². The number of hydrogen-bond donors (Lipinski definition) is 2. The van der Waals surface area contributed by atoms with E-state index < -0.39 is 11.6 Å². The van der Waals surface area contributed by atoms with Gasteiger partial charge in [0.25, 0.3) is 0 Å². The van der Waals surface area contributed by atoms with Crippen molar-refractivity contribution in [2.24, 2.45) is 5.41 Å². The van der Waals surface area contributed by atoms with E-state index in [1.165, 1.54) is 0 Å². The van der Waals surface area contributed by atoms with Crippen LogP contribution in [0.1, 0.15) is 51.9 Å². The number of aromatic nitrogens is 2. The van der Waals surface area contributed by atoms with E-state index in [2.05, 4.69) is 41.4 Å². The van der Waals surface area contributed by atoms with Crippen LogP contribution in [0, 0.1) is 16.7 Å². The van der Waals surface area contributed by atoms with E-state index in [0.29, 0.717) is 38.3 Å². The lowest BCUT2D eigenvalue weighted by atomic mass is 9.84. The number of anilines is 1. The first-order valence-corrected chi connectivity index (χ1v) is 11.4. The maximum Gasteiger partial charge on any atom is 0.246 e. The highest BCUT2D eigenvalue weighted by atomic mass is 16.2. The Hall–Kier alpha value is -3.68. The van der Waals surface area contributed by atoms with Crippen molar-refractivity contribution >= 4 is 29.6 Å². The number of carbonyl (C=O) groups excluding carboxylic acids is 3. The normalized spacial score (nSPS) is 21.6. The van der Waals surface area contributed by atoms with Crippen LogP contribution in [-0.4, -0.2) is 75.4 Å². The molecule has 3 aliphatic heterocycles. The predicted octanol–water partition coefficient (Wildman–Crippen LogP) is 0.398. The van der Waals surface area contributed by atoms with Gasteiger partial charge in [0.1, 0.15) is 24.2 Å². The molecule has 1 unspecified atom stereocenters. The van der Waals surface area contributed by atoms with Gasteiger partial charge in [-0.1, -0.05) is 20.8 Å². The summed E-state index contributed by atoms with van der Waals surface area (Å²) in [5.74, 6) is 0.180. The number of piperazine rings is 1. The molecule has 4 heterocycles. The Labute approximate surface area is 198 Å². The first-order valence-electron chi connectivity index (χ1n) is 11.4. The van der Waals surface area contributed by atoms with Gasteiger partial charge in [-0.15, -0.1) is 0 Å². The largest absolute Gasteiger partial charge is 0.343 e. The maximum absolute atomic E-state index is 13.2. The summed E-state index contributed by atoms with van der Waals surface area (Å²) >= 11 is 0. The van der Waals surface area contributed by atoms with Gasteiger partial charge in [-0.25, -0.2) is 4.98 Å². The van der Waals surface area contributed by atoms with Crippen LogP contribution >= 0.6 is 0 Å². The van der Waals surface area contributed by atoms with E-state index in [4.69, 9.17) is 0 Å². The lowest BCUT2D eigenvalue weighted by Gasteiger charge is -2.45. The number of nitrogens with one attached hydrogen (secondary N) is 2. The van der Waals surface area contributed by atoms with Crippen molar-refractivity contribution in [3.05, 3.63) is 23.8 Å². The van der Waals surface area contributed by atoms with Crippen molar-refractivity contribution in [3.8, 4) is 6.07 Å². The molecule has 0 radical (unpaired) electrons. The quantitative estimate of drug-likeness (QED) is 0.654. The molecule has 2 N–H and O–H groups in total. The number of carbonyl (C=O) groups is 3. The lowest BCUT2D eigenvalue weighted by Crippen LogP contribution is -2.71. The Morgan fingerprint density at radius 1 is 1.29 bits per heavy atom. The number of amides is 3. The fraction of sp³-hybridized carbons (Fsp3) is 0.565. The van der Waals surface area contributed by atoms with Gasteiger partial charge in [0.15, 0.2) is 5.82 Å². The average Bonchev–Trinajstić information content (AvgIpc) is 2.78.